The summed E-state index contributed by atoms with van der Waals surface area (Å²) in [6.45, 7) is 4.38. The molecule has 1 aliphatic rings. The molecule has 0 amide bonds. The molecule has 0 aromatic heterocycles. The zero-order chi connectivity index (χ0) is 8.27. The van der Waals surface area contributed by atoms with Gasteiger partial charge in [-0.2, -0.15) is 0 Å². The van der Waals surface area contributed by atoms with Crippen molar-refractivity contribution < 1.29 is 4.84 Å². The van der Waals surface area contributed by atoms with Gasteiger partial charge in [0.1, 0.15) is 7.11 Å². The number of hydrogen-bond acceptors (Lipinski definition) is 2. The first-order chi connectivity index (χ1) is 5.22. The lowest BCUT2D eigenvalue weighted by atomic mass is 9.90. The summed E-state index contributed by atoms with van der Waals surface area (Å²) >= 11 is 0. The maximum atomic E-state index is 4.72. The summed E-state index contributed by atoms with van der Waals surface area (Å²) in [7, 11) is 1.59. The fourth-order valence-corrected chi connectivity index (χ4v) is 1.56. The van der Waals surface area contributed by atoms with E-state index in [1.54, 1.807) is 7.11 Å². The molecule has 1 rings (SSSR count). The Bertz CT molecular complexity index is 194. The van der Waals surface area contributed by atoms with Gasteiger partial charge in [0.05, 0.1) is 5.71 Å². The maximum Gasteiger partial charge on any atom is 0.106 e. The van der Waals surface area contributed by atoms with E-state index in [0.717, 1.165) is 12.1 Å². The van der Waals surface area contributed by atoms with Crippen molar-refractivity contribution in [1.82, 2.24) is 0 Å². The smallest absolute Gasteiger partial charge is 0.106 e. The highest BCUT2D eigenvalue weighted by atomic mass is 16.6. The molecule has 1 aliphatic carbocycles. The lowest BCUT2D eigenvalue weighted by Crippen LogP contribution is -2.10. The number of rotatable bonds is 1. The third kappa shape index (κ3) is 2.37. The molecular formula is C9H15NO. The topological polar surface area (TPSA) is 21.6 Å². The Morgan fingerprint density at radius 3 is 2.82 bits per heavy atom. The number of nitrogens with zero attached hydrogens (tertiary/aromatic N) is 1. The van der Waals surface area contributed by atoms with Crippen molar-refractivity contribution >= 4 is 5.71 Å². The van der Waals surface area contributed by atoms with Gasteiger partial charge in [-0.15, -0.1) is 0 Å². The van der Waals surface area contributed by atoms with E-state index in [1.165, 1.54) is 12.0 Å². The molecule has 0 heterocycles. The Kier molecular flexibility index (Phi) is 2.69. The van der Waals surface area contributed by atoms with Gasteiger partial charge in [0.25, 0.3) is 0 Å². The van der Waals surface area contributed by atoms with E-state index >= 15 is 0 Å². The van der Waals surface area contributed by atoms with Crippen LogP contribution in [0.5, 0.6) is 0 Å². The molecule has 0 saturated heterocycles. The van der Waals surface area contributed by atoms with Crippen LogP contribution < -0.4 is 0 Å². The summed E-state index contributed by atoms with van der Waals surface area (Å²) in [5.74, 6) is 0.717. The van der Waals surface area contributed by atoms with Crippen LogP contribution in [0.15, 0.2) is 16.8 Å². The van der Waals surface area contributed by atoms with Gasteiger partial charge in [-0.1, -0.05) is 17.7 Å². The van der Waals surface area contributed by atoms with E-state index in [9.17, 15) is 0 Å². The highest BCUT2D eigenvalue weighted by Crippen LogP contribution is 2.21. The van der Waals surface area contributed by atoms with E-state index in [-0.39, 0.29) is 0 Å². The third-order valence-corrected chi connectivity index (χ3v) is 1.85. The summed E-state index contributed by atoms with van der Waals surface area (Å²) in [6, 6.07) is 0. The van der Waals surface area contributed by atoms with Gasteiger partial charge < -0.3 is 4.84 Å². The summed E-state index contributed by atoms with van der Waals surface area (Å²) in [5, 5.41) is 3.92. The first-order valence-electron chi connectivity index (χ1n) is 3.99. The van der Waals surface area contributed by atoms with Crippen molar-refractivity contribution in [3.63, 3.8) is 0 Å². The Balaban J connectivity index is 2.69. The zero-order valence-electron chi connectivity index (χ0n) is 7.42. The third-order valence-electron chi connectivity index (χ3n) is 1.85. The molecule has 0 bridgehead atoms. The SMILES string of the molecule is CO/N=C1\C=C(C)CC(C)C1. The molecule has 0 radical (unpaired) electrons. The van der Waals surface area contributed by atoms with Gasteiger partial charge in [-0.3, -0.25) is 0 Å². The van der Waals surface area contributed by atoms with Gasteiger partial charge in [-0.05, 0) is 31.8 Å². The molecule has 0 spiro atoms. The van der Waals surface area contributed by atoms with Gasteiger partial charge in [0.15, 0.2) is 0 Å². The van der Waals surface area contributed by atoms with Crippen LogP contribution in [0.4, 0.5) is 0 Å². The van der Waals surface area contributed by atoms with Crippen molar-refractivity contribution in [2.75, 3.05) is 7.11 Å². The molecule has 0 aliphatic heterocycles. The fraction of sp³-hybridized carbons (Fsp3) is 0.667. The molecule has 1 atom stereocenters. The van der Waals surface area contributed by atoms with Crippen molar-refractivity contribution in [2.45, 2.75) is 26.7 Å². The summed E-state index contributed by atoms with van der Waals surface area (Å²) in [4.78, 5) is 4.72. The molecule has 2 heteroatoms. The Hall–Kier alpha value is -0.790. The minimum atomic E-state index is 0.717. The quantitative estimate of drug-likeness (QED) is 0.530. The predicted molar refractivity (Wildman–Crippen MR) is 46.6 cm³/mol. The first kappa shape index (κ1) is 8.31. The lowest BCUT2D eigenvalue weighted by molar-refractivity contribution is 0.212. The van der Waals surface area contributed by atoms with Gasteiger partial charge in [-0.25, -0.2) is 0 Å². The molecular weight excluding hydrogens is 138 g/mol. The van der Waals surface area contributed by atoms with Crippen LogP contribution in [0.25, 0.3) is 0 Å². The molecule has 2 nitrogen and oxygen atoms in total. The average molecular weight is 153 g/mol. The minimum Gasteiger partial charge on any atom is -0.399 e. The van der Waals surface area contributed by atoms with Crippen LogP contribution in [0.1, 0.15) is 26.7 Å². The van der Waals surface area contributed by atoms with Crippen LogP contribution in [0.3, 0.4) is 0 Å². The standard InChI is InChI=1S/C9H15NO/c1-7-4-8(2)6-9(5-7)10-11-3/h5,8H,4,6H2,1-3H3/b10-9+. The molecule has 0 fully saturated rings. The lowest BCUT2D eigenvalue weighted by Gasteiger charge is -2.17. The molecule has 0 saturated carbocycles. The minimum absolute atomic E-state index is 0.717. The van der Waals surface area contributed by atoms with E-state index in [4.69, 9.17) is 4.84 Å². The van der Waals surface area contributed by atoms with Gasteiger partial charge in [0.2, 0.25) is 0 Å². The van der Waals surface area contributed by atoms with Crippen LogP contribution in [0, 0.1) is 5.92 Å². The fourth-order valence-electron chi connectivity index (χ4n) is 1.56. The van der Waals surface area contributed by atoms with Crippen molar-refractivity contribution in [3.05, 3.63) is 11.6 Å². The highest BCUT2D eigenvalue weighted by Gasteiger charge is 2.12. The Labute approximate surface area is 67.9 Å². The Morgan fingerprint density at radius 1 is 1.55 bits per heavy atom. The molecule has 11 heavy (non-hydrogen) atoms. The van der Waals surface area contributed by atoms with Gasteiger partial charge in [0, 0.05) is 0 Å². The largest absolute Gasteiger partial charge is 0.399 e. The Morgan fingerprint density at radius 2 is 2.27 bits per heavy atom. The average Bonchev–Trinajstić information content (AvgIpc) is 1.85. The predicted octanol–water partition coefficient (Wildman–Crippen LogP) is 2.37. The molecule has 0 aromatic rings. The van der Waals surface area contributed by atoms with E-state index in [1.807, 2.05) is 0 Å². The molecule has 0 N–H and O–H groups in total. The van der Waals surface area contributed by atoms with E-state index in [0.29, 0.717) is 5.92 Å². The molecule has 0 aromatic carbocycles. The van der Waals surface area contributed by atoms with Gasteiger partial charge >= 0.3 is 0 Å². The molecule has 62 valence electrons. The van der Waals surface area contributed by atoms with Crippen LogP contribution >= 0.6 is 0 Å². The summed E-state index contributed by atoms with van der Waals surface area (Å²) < 4.78 is 0. The van der Waals surface area contributed by atoms with Crippen LogP contribution in [-0.4, -0.2) is 12.8 Å². The zero-order valence-corrected chi connectivity index (χ0v) is 7.42. The normalized spacial score (nSPS) is 28.5. The van der Waals surface area contributed by atoms with Crippen LogP contribution in [0.2, 0.25) is 0 Å². The second-order valence-electron chi connectivity index (χ2n) is 3.27. The number of oxime groups is 1. The second-order valence-corrected chi connectivity index (χ2v) is 3.27. The summed E-state index contributed by atoms with van der Waals surface area (Å²) in [6.07, 6.45) is 4.36. The van der Waals surface area contributed by atoms with Crippen molar-refractivity contribution in [2.24, 2.45) is 11.1 Å². The van der Waals surface area contributed by atoms with Crippen molar-refractivity contribution in [1.29, 1.82) is 0 Å². The maximum absolute atomic E-state index is 4.72. The summed E-state index contributed by atoms with van der Waals surface area (Å²) in [5.41, 5.74) is 2.48. The molecule has 1 unspecified atom stereocenters. The second kappa shape index (κ2) is 3.56. The van der Waals surface area contributed by atoms with E-state index < -0.39 is 0 Å². The first-order valence-corrected chi connectivity index (χ1v) is 3.99. The van der Waals surface area contributed by atoms with E-state index in [2.05, 4.69) is 25.1 Å². The monoisotopic (exact) mass is 153 g/mol. The number of hydrogen-bond donors (Lipinski definition) is 0. The van der Waals surface area contributed by atoms with Crippen molar-refractivity contribution in [3.8, 4) is 0 Å². The highest BCUT2D eigenvalue weighted by molar-refractivity contribution is 5.96. The number of allylic oxidation sites excluding steroid dienone is 2. The van der Waals surface area contributed by atoms with Crippen LogP contribution in [-0.2, 0) is 4.84 Å².